The second-order valence-corrected chi connectivity index (χ2v) is 2.80. The third-order valence-electron chi connectivity index (χ3n) is 1.57. The van der Waals surface area contributed by atoms with Gasteiger partial charge in [0.25, 0.3) is 0 Å². The number of carbonyl (C=O) groups excluding carboxylic acids is 1. The lowest BCUT2D eigenvalue weighted by atomic mass is 10.1. The zero-order chi connectivity index (χ0) is 11.3. The summed E-state index contributed by atoms with van der Waals surface area (Å²) in [5, 5.41) is 12.4. The maximum atomic E-state index is 10.8. The van der Waals surface area contributed by atoms with Gasteiger partial charge in [-0.1, -0.05) is 30.3 Å². The monoisotopic (exact) mass is 206 g/mol. The fourth-order valence-corrected chi connectivity index (χ4v) is 0.966. The van der Waals surface area contributed by atoms with Gasteiger partial charge in [-0.2, -0.15) is 5.10 Å². The second-order valence-electron chi connectivity index (χ2n) is 2.80. The Labute approximate surface area is 86.4 Å². The highest BCUT2D eigenvalue weighted by Crippen LogP contribution is 2.00. The first kappa shape index (κ1) is 10.9. The van der Waals surface area contributed by atoms with Crippen molar-refractivity contribution in [2.75, 3.05) is 0 Å². The van der Waals surface area contributed by atoms with Crippen molar-refractivity contribution >= 4 is 17.6 Å². The summed E-state index contributed by atoms with van der Waals surface area (Å²) in [6, 6.07) is 8.37. The fraction of sp³-hybridized carbons (Fsp3) is 0.100. The molecular formula is C10H10N2O3. The van der Waals surface area contributed by atoms with E-state index in [2.05, 4.69) is 10.5 Å². The molecule has 0 bridgehead atoms. The predicted molar refractivity (Wildman–Crippen MR) is 54.4 cm³/mol. The van der Waals surface area contributed by atoms with Crippen LogP contribution in [0.2, 0.25) is 0 Å². The largest absolute Gasteiger partial charge is 0.476 e. The van der Waals surface area contributed by atoms with Crippen LogP contribution in [-0.4, -0.2) is 22.7 Å². The minimum atomic E-state index is -1.19. The Morgan fingerprint density at radius 1 is 1.27 bits per heavy atom. The lowest BCUT2D eigenvalue weighted by Crippen LogP contribution is -2.21. The Morgan fingerprint density at radius 3 is 2.33 bits per heavy atom. The van der Waals surface area contributed by atoms with Crippen molar-refractivity contribution < 1.29 is 14.7 Å². The summed E-state index contributed by atoms with van der Waals surface area (Å²) in [5.74, 6) is -1.60. The Balaban J connectivity index is 2.99. The van der Waals surface area contributed by atoms with E-state index in [0.29, 0.717) is 5.56 Å². The third kappa shape index (κ3) is 3.22. The molecule has 1 aromatic carbocycles. The predicted octanol–water partition coefficient (Wildman–Crippen LogP) is 0.611. The van der Waals surface area contributed by atoms with E-state index in [1.807, 2.05) is 0 Å². The van der Waals surface area contributed by atoms with E-state index in [-0.39, 0.29) is 5.71 Å². The molecule has 78 valence electrons. The Kier molecular flexibility index (Phi) is 3.56. The minimum absolute atomic E-state index is 0.189. The van der Waals surface area contributed by atoms with Gasteiger partial charge in [0.1, 0.15) is 0 Å². The van der Waals surface area contributed by atoms with E-state index in [0.717, 1.165) is 0 Å². The zero-order valence-corrected chi connectivity index (χ0v) is 8.10. The standard InChI is InChI=1S/C10H10N2O3/c1-7(13)11-12-9(10(14)15)8-5-3-2-4-6-8/h2-6H,1H3,(H,11,13)(H,14,15)/b12-9+. The molecule has 0 aliphatic carbocycles. The summed E-state index contributed by atoms with van der Waals surface area (Å²) in [7, 11) is 0. The van der Waals surface area contributed by atoms with Gasteiger partial charge >= 0.3 is 5.97 Å². The summed E-state index contributed by atoms with van der Waals surface area (Å²) >= 11 is 0. The van der Waals surface area contributed by atoms with E-state index < -0.39 is 11.9 Å². The average Bonchev–Trinajstić information content (AvgIpc) is 2.18. The number of hydrogen-bond acceptors (Lipinski definition) is 3. The fourth-order valence-electron chi connectivity index (χ4n) is 0.966. The minimum Gasteiger partial charge on any atom is -0.476 e. The molecule has 0 aliphatic rings. The van der Waals surface area contributed by atoms with Crippen molar-refractivity contribution in [3.05, 3.63) is 35.9 Å². The molecule has 1 aromatic rings. The Morgan fingerprint density at radius 2 is 1.87 bits per heavy atom. The number of nitrogens with one attached hydrogen (secondary N) is 1. The number of hydrazone groups is 1. The molecule has 0 aromatic heterocycles. The molecule has 0 aliphatic heterocycles. The van der Waals surface area contributed by atoms with Gasteiger partial charge in [0.15, 0.2) is 5.71 Å². The SMILES string of the molecule is CC(=O)N/N=C(/C(=O)O)c1ccccc1. The molecule has 15 heavy (non-hydrogen) atoms. The van der Waals surface area contributed by atoms with Crippen molar-refractivity contribution in [3.63, 3.8) is 0 Å². The van der Waals surface area contributed by atoms with Crippen LogP contribution in [0.5, 0.6) is 0 Å². The Bertz CT molecular complexity index is 398. The normalized spacial score (nSPS) is 10.9. The van der Waals surface area contributed by atoms with Crippen molar-refractivity contribution in [1.29, 1.82) is 0 Å². The number of carbonyl (C=O) groups is 2. The first-order valence-corrected chi connectivity index (χ1v) is 4.24. The van der Waals surface area contributed by atoms with Crippen LogP contribution in [0.25, 0.3) is 0 Å². The maximum absolute atomic E-state index is 10.8. The van der Waals surface area contributed by atoms with E-state index in [1.165, 1.54) is 6.92 Å². The molecule has 1 rings (SSSR count). The van der Waals surface area contributed by atoms with Crippen molar-refractivity contribution in [1.82, 2.24) is 5.43 Å². The highest BCUT2D eigenvalue weighted by Gasteiger charge is 2.11. The highest BCUT2D eigenvalue weighted by atomic mass is 16.4. The van der Waals surface area contributed by atoms with Crippen LogP contribution in [0, 0.1) is 0 Å². The molecule has 0 spiro atoms. The van der Waals surface area contributed by atoms with Crippen LogP contribution < -0.4 is 5.43 Å². The summed E-state index contributed by atoms with van der Waals surface area (Å²) < 4.78 is 0. The lowest BCUT2D eigenvalue weighted by Gasteiger charge is -2.00. The number of carboxylic acid groups (broad SMARTS) is 1. The number of aliphatic carboxylic acids is 1. The molecule has 0 heterocycles. The number of amides is 1. The van der Waals surface area contributed by atoms with Crippen LogP contribution in [0.1, 0.15) is 12.5 Å². The van der Waals surface area contributed by atoms with Gasteiger partial charge in [-0.25, -0.2) is 10.2 Å². The quantitative estimate of drug-likeness (QED) is 0.561. The van der Waals surface area contributed by atoms with E-state index in [9.17, 15) is 9.59 Å². The van der Waals surface area contributed by atoms with Gasteiger partial charge in [0.05, 0.1) is 0 Å². The molecule has 5 heteroatoms. The highest BCUT2D eigenvalue weighted by molar-refractivity contribution is 6.42. The number of benzene rings is 1. The Hall–Kier alpha value is -2.17. The lowest BCUT2D eigenvalue weighted by molar-refractivity contribution is -0.129. The summed E-state index contributed by atoms with van der Waals surface area (Å²) in [4.78, 5) is 21.4. The molecule has 0 radical (unpaired) electrons. The van der Waals surface area contributed by atoms with Gasteiger partial charge in [0, 0.05) is 12.5 Å². The summed E-state index contributed by atoms with van der Waals surface area (Å²) in [5.41, 5.74) is 2.35. The second kappa shape index (κ2) is 4.90. The average molecular weight is 206 g/mol. The molecule has 0 fully saturated rings. The van der Waals surface area contributed by atoms with Gasteiger partial charge < -0.3 is 5.11 Å². The van der Waals surface area contributed by atoms with Gasteiger partial charge in [-0.3, -0.25) is 4.79 Å². The number of carboxylic acids is 1. The first-order chi connectivity index (χ1) is 7.11. The molecule has 5 nitrogen and oxygen atoms in total. The molecule has 2 N–H and O–H groups in total. The van der Waals surface area contributed by atoms with E-state index in [4.69, 9.17) is 5.11 Å². The molecular weight excluding hydrogens is 196 g/mol. The summed E-state index contributed by atoms with van der Waals surface area (Å²) in [6.07, 6.45) is 0. The number of nitrogens with zero attached hydrogens (tertiary/aromatic N) is 1. The molecule has 0 saturated carbocycles. The van der Waals surface area contributed by atoms with E-state index in [1.54, 1.807) is 30.3 Å². The molecule has 0 unspecified atom stereocenters. The smallest absolute Gasteiger partial charge is 0.356 e. The number of hydrogen-bond donors (Lipinski definition) is 2. The topological polar surface area (TPSA) is 78.8 Å². The van der Waals surface area contributed by atoms with E-state index >= 15 is 0 Å². The molecule has 0 atom stereocenters. The summed E-state index contributed by atoms with van der Waals surface area (Å²) in [6.45, 7) is 1.26. The van der Waals surface area contributed by atoms with Crippen LogP contribution in [0.3, 0.4) is 0 Å². The zero-order valence-electron chi connectivity index (χ0n) is 8.10. The third-order valence-corrected chi connectivity index (χ3v) is 1.57. The van der Waals surface area contributed by atoms with Crippen LogP contribution in [0.4, 0.5) is 0 Å². The first-order valence-electron chi connectivity index (χ1n) is 4.24. The van der Waals surface area contributed by atoms with Crippen molar-refractivity contribution in [2.45, 2.75) is 6.92 Å². The molecule has 0 saturated heterocycles. The van der Waals surface area contributed by atoms with Gasteiger partial charge in [-0.05, 0) is 0 Å². The van der Waals surface area contributed by atoms with Gasteiger partial charge in [0.2, 0.25) is 5.91 Å². The van der Waals surface area contributed by atoms with Crippen LogP contribution >= 0.6 is 0 Å². The number of rotatable bonds is 3. The van der Waals surface area contributed by atoms with Crippen LogP contribution in [0.15, 0.2) is 35.4 Å². The molecule has 1 amide bonds. The van der Waals surface area contributed by atoms with Crippen molar-refractivity contribution in [3.8, 4) is 0 Å². The van der Waals surface area contributed by atoms with Crippen LogP contribution in [-0.2, 0) is 9.59 Å². The van der Waals surface area contributed by atoms with Crippen molar-refractivity contribution in [2.24, 2.45) is 5.10 Å². The van der Waals surface area contributed by atoms with Gasteiger partial charge in [-0.15, -0.1) is 0 Å². The maximum Gasteiger partial charge on any atom is 0.356 e.